The van der Waals surface area contributed by atoms with Crippen LogP contribution in [0.4, 0.5) is 5.82 Å². The average Bonchev–Trinajstić information content (AvgIpc) is 2.53. The fraction of sp³-hybridized carbons (Fsp3) is 0.667. The van der Waals surface area contributed by atoms with Crippen molar-refractivity contribution in [2.45, 2.75) is 45.1 Å². The zero-order valence-corrected chi connectivity index (χ0v) is 12.7. The van der Waals surface area contributed by atoms with Gasteiger partial charge in [0.05, 0.1) is 0 Å². The number of aromatic nitrogens is 2. The average molecular weight is 291 g/mol. The molecular formula is C15H25N5O. The zero-order chi connectivity index (χ0) is 15.1. The largest absolute Gasteiger partial charge is 0.356 e. The van der Waals surface area contributed by atoms with Crippen LogP contribution in [0.15, 0.2) is 12.4 Å². The van der Waals surface area contributed by atoms with Gasteiger partial charge in [0.1, 0.15) is 12.1 Å². The summed E-state index contributed by atoms with van der Waals surface area (Å²) in [5, 5.41) is 3.09. The van der Waals surface area contributed by atoms with Gasteiger partial charge in [-0.25, -0.2) is 9.97 Å². The summed E-state index contributed by atoms with van der Waals surface area (Å²) in [5.74, 6) is 1.11. The van der Waals surface area contributed by atoms with Crippen LogP contribution < -0.4 is 16.0 Å². The first-order chi connectivity index (χ1) is 10.2. The molecule has 0 aliphatic carbocycles. The molecule has 3 N–H and O–H groups in total. The number of carbonyl (C=O) groups is 1. The van der Waals surface area contributed by atoms with Gasteiger partial charge in [-0.15, -0.1) is 0 Å². The molecule has 1 aromatic rings. The summed E-state index contributed by atoms with van der Waals surface area (Å²) in [6, 6.07) is 2.33. The van der Waals surface area contributed by atoms with Gasteiger partial charge in [0.2, 0.25) is 5.91 Å². The third-order valence-electron chi connectivity index (χ3n) is 3.86. The molecule has 6 nitrogen and oxygen atoms in total. The number of rotatable bonds is 6. The molecular weight excluding hydrogens is 266 g/mol. The first-order valence-electron chi connectivity index (χ1n) is 7.78. The molecule has 1 amide bonds. The van der Waals surface area contributed by atoms with Crippen molar-refractivity contribution in [2.75, 3.05) is 24.5 Å². The Morgan fingerprint density at radius 2 is 2.19 bits per heavy atom. The van der Waals surface area contributed by atoms with Crippen LogP contribution in [-0.4, -0.2) is 41.6 Å². The van der Waals surface area contributed by atoms with E-state index in [2.05, 4.69) is 33.2 Å². The third kappa shape index (κ3) is 4.67. The second-order valence-electron chi connectivity index (χ2n) is 5.44. The van der Waals surface area contributed by atoms with Gasteiger partial charge in [-0.1, -0.05) is 6.92 Å². The second-order valence-corrected chi connectivity index (χ2v) is 5.44. The van der Waals surface area contributed by atoms with Gasteiger partial charge in [0.25, 0.3) is 0 Å². The molecule has 1 aliphatic rings. The highest BCUT2D eigenvalue weighted by Gasteiger charge is 2.21. The van der Waals surface area contributed by atoms with Crippen LogP contribution >= 0.6 is 0 Å². The molecule has 0 radical (unpaired) electrons. The smallest absolute Gasteiger partial charge is 0.220 e. The lowest BCUT2D eigenvalue weighted by Gasteiger charge is -2.33. The van der Waals surface area contributed by atoms with Gasteiger partial charge < -0.3 is 16.0 Å². The molecule has 116 valence electrons. The van der Waals surface area contributed by atoms with Crippen molar-refractivity contribution in [3.8, 4) is 0 Å². The Hall–Kier alpha value is -1.69. The monoisotopic (exact) mass is 291 g/mol. The molecule has 2 rings (SSSR count). The lowest BCUT2D eigenvalue weighted by atomic mass is 10.0. The molecule has 1 fully saturated rings. The number of amides is 1. The Balaban J connectivity index is 1.81. The maximum Gasteiger partial charge on any atom is 0.220 e. The number of anilines is 1. The van der Waals surface area contributed by atoms with E-state index in [1.165, 1.54) is 0 Å². The van der Waals surface area contributed by atoms with Crippen molar-refractivity contribution in [3.05, 3.63) is 18.1 Å². The van der Waals surface area contributed by atoms with E-state index in [9.17, 15) is 4.79 Å². The SMILES string of the molecule is CCc1cc(N2CCC(NC(=O)CCCN)CC2)ncn1. The van der Waals surface area contributed by atoms with Gasteiger partial charge in [-0.05, 0) is 32.2 Å². The lowest BCUT2D eigenvalue weighted by Crippen LogP contribution is -2.45. The number of hydrogen-bond donors (Lipinski definition) is 2. The molecule has 1 saturated heterocycles. The molecule has 6 heteroatoms. The van der Waals surface area contributed by atoms with E-state index in [4.69, 9.17) is 5.73 Å². The fourth-order valence-corrected chi connectivity index (χ4v) is 2.57. The number of nitrogens with one attached hydrogen (secondary N) is 1. The first-order valence-corrected chi connectivity index (χ1v) is 7.78. The predicted octanol–water partition coefficient (Wildman–Crippen LogP) is 0.863. The van der Waals surface area contributed by atoms with Crippen LogP contribution in [0.5, 0.6) is 0 Å². The van der Waals surface area contributed by atoms with E-state index in [0.29, 0.717) is 13.0 Å². The van der Waals surface area contributed by atoms with Gasteiger partial charge in [0.15, 0.2) is 0 Å². The van der Waals surface area contributed by atoms with Crippen LogP contribution in [0.3, 0.4) is 0 Å². The minimum absolute atomic E-state index is 0.120. The van der Waals surface area contributed by atoms with Gasteiger partial charge >= 0.3 is 0 Å². The Labute approximate surface area is 126 Å². The topological polar surface area (TPSA) is 84.1 Å². The van der Waals surface area contributed by atoms with Gasteiger partial charge in [-0.3, -0.25) is 4.79 Å². The van der Waals surface area contributed by atoms with Crippen molar-refractivity contribution in [2.24, 2.45) is 5.73 Å². The third-order valence-corrected chi connectivity index (χ3v) is 3.86. The summed E-state index contributed by atoms with van der Waals surface area (Å²) in [7, 11) is 0. The summed E-state index contributed by atoms with van der Waals surface area (Å²) in [4.78, 5) is 22.6. The summed E-state index contributed by atoms with van der Waals surface area (Å²) in [6.07, 6.45) is 5.76. The minimum Gasteiger partial charge on any atom is -0.356 e. The maximum absolute atomic E-state index is 11.7. The van der Waals surface area contributed by atoms with Crippen LogP contribution in [0, 0.1) is 0 Å². The highest BCUT2D eigenvalue weighted by molar-refractivity contribution is 5.76. The number of hydrogen-bond acceptors (Lipinski definition) is 5. The van der Waals surface area contributed by atoms with Gasteiger partial charge in [-0.2, -0.15) is 0 Å². The fourth-order valence-electron chi connectivity index (χ4n) is 2.57. The standard InChI is InChI=1S/C15H25N5O/c1-2-12-10-14(18-11-17-12)20-8-5-13(6-9-20)19-15(21)4-3-7-16/h10-11,13H,2-9,16H2,1H3,(H,19,21). The van der Waals surface area contributed by atoms with Crippen LogP contribution in [-0.2, 0) is 11.2 Å². The van der Waals surface area contributed by atoms with Crippen molar-refractivity contribution >= 4 is 11.7 Å². The Kier molecular flexibility index (Phi) is 5.92. The molecule has 2 heterocycles. The Morgan fingerprint density at radius 3 is 2.86 bits per heavy atom. The Morgan fingerprint density at radius 1 is 1.43 bits per heavy atom. The summed E-state index contributed by atoms with van der Waals surface area (Å²) >= 11 is 0. The van der Waals surface area contributed by atoms with Crippen molar-refractivity contribution in [3.63, 3.8) is 0 Å². The molecule has 0 aromatic carbocycles. The molecule has 1 aliphatic heterocycles. The van der Waals surface area contributed by atoms with Crippen LogP contribution in [0.25, 0.3) is 0 Å². The van der Waals surface area contributed by atoms with E-state index >= 15 is 0 Å². The first kappa shape index (κ1) is 15.7. The highest BCUT2D eigenvalue weighted by Crippen LogP contribution is 2.18. The summed E-state index contributed by atoms with van der Waals surface area (Å²) < 4.78 is 0. The van der Waals surface area contributed by atoms with Crippen LogP contribution in [0.1, 0.15) is 38.3 Å². The van der Waals surface area contributed by atoms with Crippen molar-refractivity contribution in [1.82, 2.24) is 15.3 Å². The summed E-state index contributed by atoms with van der Waals surface area (Å²) in [5.41, 5.74) is 6.48. The lowest BCUT2D eigenvalue weighted by molar-refractivity contribution is -0.122. The maximum atomic E-state index is 11.7. The summed E-state index contributed by atoms with van der Waals surface area (Å²) in [6.45, 7) is 4.50. The molecule has 0 unspecified atom stereocenters. The Bertz CT molecular complexity index is 457. The van der Waals surface area contributed by atoms with Gasteiger partial charge in [0, 0.05) is 37.3 Å². The van der Waals surface area contributed by atoms with Crippen molar-refractivity contribution in [1.29, 1.82) is 0 Å². The number of nitrogens with zero attached hydrogens (tertiary/aromatic N) is 3. The molecule has 0 saturated carbocycles. The van der Waals surface area contributed by atoms with E-state index in [-0.39, 0.29) is 11.9 Å². The van der Waals surface area contributed by atoms with Crippen molar-refractivity contribution < 1.29 is 4.79 Å². The van der Waals surface area contributed by atoms with Crippen LogP contribution in [0.2, 0.25) is 0 Å². The van der Waals surface area contributed by atoms with E-state index < -0.39 is 0 Å². The second kappa shape index (κ2) is 7.93. The number of piperidine rings is 1. The quantitative estimate of drug-likeness (QED) is 0.812. The van der Waals surface area contributed by atoms with E-state index in [1.807, 2.05) is 0 Å². The zero-order valence-electron chi connectivity index (χ0n) is 12.7. The predicted molar refractivity (Wildman–Crippen MR) is 83.1 cm³/mol. The highest BCUT2D eigenvalue weighted by atomic mass is 16.1. The molecule has 1 aromatic heterocycles. The molecule has 0 spiro atoms. The van der Waals surface area contributed by atoms with E-state index in [0.717, 1.165) is 50.3 Å². The number of nitrogens with two attached hydrogens (primary N) is 1. The van der Waals surface area contributed by atoms with E-state index in [1.54, 1.807) is 6.33 Å². The molecule has 0 atom stereocenters. The molecule has 21 heavy (non-hydrogen) atoms. The minimum atomic E-state index is 0.120. The number of aryl methyl sites for hydroxylation is 1. The molecule has 0 bridgehead atoms. The number of carbonyl (C=O) groups excluding carboxylic acids is 1. The normalized spacial score (nSPS) is 16.0.